The van der Waals surface area contributed by atoms with Crippen molar-refractivity contribution in [2.45, 2.75) is 39.8 Å². The number of nitrogens with zero attached hydrogens (tertiary/aromatic N) is 4. The summed E-state index contributed by atoms with van der Waals surface area (Å²) in [5.41, 5.74) is 6.85. The van der Waals surface area contributed by atoms with E-state index < -0.39 is 0 Å². The van der Waals surface area contributed by atoms with Crippen molar-refractivity contribution in [3.05, 3.63) is 70.6 Å². The quantitative estimate of drug-likeness (QED) is 0.454. The van der Waals surface area contributed by atoms with Gasteiger partial charge in [-0.15, -0.1) is 16.4 Å². The van der Waals surface area contributed by atoms with E-state index in [-0.39, 0.29) is 12.5 Å². The number of rotatable bonds is 7. The molecule has 0 spiro atoms. The molecule has 4 rings (SSSR count). The van der Waals surface area contributed by atoms with Gasteiger partial charge in [0.05, 0.1) is 16.7 Å². The lowest BCUT2D eigenvalue weighted by atomic mass is 10.2. The summed E-state index contributed by atoms with van der Waals surface area (Å²) in [6, 6.07) is 18.1. The molecule has 0 aliphatic carbocycles. The molecule has 7 heteroatoms. The lowest BCUT2D eigenvalue weighted by Crippen LogP contribution is -2.28. The van der Waals surface area contributed by atoms with Crippen molar-refractivity contribution in [1.82, 2.24) is 19.5 Å². The second-order valence-electron chi connectivity index (χ2n) is 7.16. The van der Waals surface area contributed by atoms with Crippen LogP contribution < -0.4 is 10.2 Å². The van der Waals surface area contributed by atoms with Crippen molar-refractivity contribution >= 4 is 28.3 Å². The van der Waals surface area contributed by atoms with Crippen molar-refractivity contribution in [3.63, 3.8) is 0 Å². The van der Waals surface area contributed by atoms with Crippen LogP contribution in [0, 0.1) is 6.92 Å². The van der Waals surface area contributed by atoms with Crippen LogP contribution in [0.15, 0.2) is 65.1 Å². The molecule has 154 valence electrons. The van der Waals surface area contributed by atoms with Gasteiger partial charge < -0.3 is 9.13 Å². The fourth-order valence-corrected chi connectivity index (χ4v) is 4.37. The van der Waals surface area contributed by atoms with E-state index in [1.54, 1.807) is 0 Å². The lowest BCUT2D eigenvalue weighted by molar-refractivity contribution is -0.121. The zero-order valence-electron chi connectivity index (χ0n) is 17.2. The zero-order valence-corrected chi connectivity index (χ0v) is 18.0. The van der Waals surface area contributed by atoms with Crippen molar-refractivity contribution < 1.29 is 4.79 Å². The molecule has 2 aromatic carbocycles. The summed E-state index contributed by atoms with van der Waals surface area (Å²) in [5, 5.41) is 6.54. The Kier molecular flexibility index (Phi) is 6.09. The average Bonchev–Trinajstić information content (AvgIpc) is 3.32. The number of imidazole rings is 1. The third-order valence-corrected chi connectivity index (χ3v) is 5.89. The number of nitrogens with one attached hydrogen (secondary N) is 1. The summed E-state index contributed by atoms with van der Waals surface area (Å²) in [6.07, 6.45) is 2.15. The Labute approximate surface area is 179 Å². The summed E-state index contributed by atoms with van der Waals surface area (Å²) in [5.74, 6) is 0.643. The summed E-state index contributed by atoms with van der Waals surface area (Å²) >= 11 is 1.54. The first-order valence-corrected chi connectivity index (χ1v) is 11.0. The van der Waals surface area contributed by atoms with Gasteiger partial charge in [0.2, 0.25) is 4.80 Å². The van der Waals surface area contributed by atoms with Crippen LogP contribution in [0.2, 0.25) is 0 Å². The Hall–Kier alpha value is -3.19. The number of hydrogen-bond acceptors (Lipinski definition) is 4. The van der Waals surface area contributed by atoms with Gasteiger partial charge in [-0.2, -0.15) is 0 Å². The number of aromatic nitrogens is 3. The highest BCUT2D eigenvalue weighted by molar-refractivity contribution is 7.07. The molecule has 2 aromatic heterocycles. The van der Waals surface area contributed by atoms with Crippen molar-refractivity contribution in [2.75, 3.05) is 0 Å². The summed E-state index contributed by atoms with van der Waals surface area (Å²) in [7, 11) is 0. The third kappa shape index (κ3) is 4.21. The van der Waals surface area contributed by atoms with Gasteiger partial charge in [-0.1, -0.05) is 55.8 Å². The average molecular weight is 420 g/mol. The number of carbonyl (C=O) groups is 1. The fraction of sp³-hybridized carbons (Fsp3) is 0.261. The van der Waals surface area contributed by atoms with Gasteiger partial charge in [0.25, 0.3) is 5.91 Å². The van der Waals surface area contributed by atoms with E-state index in [2.05, 4.69) is 44.5 Å². The SMILES string of the molecule is CCCCn1c(-c2ccccc2)cs/c1=N/NC(=O)Cn1c(C)nc2ccccc21. The second-order valence-corrected chi connectivity index (χ2v) is 7.99. The van der Waals surface area contributed by atoms with Crippen molar-refractivity contribution in [3.8, 4) is 11.3 Å². The maximum atomic E-state index is 12.6. The third-order valence-electron chi connectivity index (χ3n) is 5.03. The van der Waals surface area contributed by atoms with Gasteiger partial charge in [0, 0.05) is 11.9 Å². The van der Waals surface area contributed by atoms with Crippen LogP contribution in [-0.4, -0.2) is 20.0 Å². The van der Waals surface area contributed by atoms with Crippen LogP contribution in [0.3, 0.4) is 0 Å². The number of fused-ring (bicyclic) bond motifs is 1. The predicted molar refractivity (Wildman–Crippen MR) is 121 cm³/mol. The van der Waals surface area contributed by atoms with Crippen LogP contribution in [0.1, 0.15) is 25.6 Å². The van der Waals surface area contributed by atoms with Crippen molar-refractivity contribution in [1.29, 1.82) is 0 Å². The first-order chi connectivity index (χ1) is 14.7. The van der Waals surface area contributed by atoms with Crippen LogP contribution >= 0.6 is 11.3 Å². The second kappa shape index (κ2) is 9.09. The van der Waals surface area contributed by atoms with Gasteiger partial charge in [0.15, 0.2) is 0 Å². The standard InChI is InChI=1S/C23H25N5OS/c1-3-4-14-27-21(18-10-6-5-7-11-18)16-30-23(27)26-25-22(29)15-28-17(2)24-19-12-8-9-13-20(19)28/h5-13,16H,3-4,14-15H2,1-2H3,(H,25,29)/b26-23+. The molecule has 2 heterocycles. The number of hydrogen-bond donors (Lipinski definition) is 1. The molecule has 0 radical (unpaired) electrons. The molecule has 0 saturated heterocycles. The monoisotopic (exact) mass is 419 g/mol. The molecule has 0 bridgehead atoms. The van der Waals surface area contributed by atoms with Crippen LogP contribution in [0.25, 0.3) is 22.3 Å². The molecule has 1 N–H and O–H groups in total. The molecular weight excluding hydrogens is 394 g/mol. The Balaban J connectivity index is 1.58. The molecule has 0 aliphatic rings. The number of carbonyl (C=O) groups excluding carboxylic acids is 1. The fourth-order valence-electron chi connectivity index (χ4n) is 3.48. The largest absolute Gasteiger partial charge is 0.319 e. The molecule has 0 fully saturated rings. The normalized spacial score (nSPS) is 11.9. The molecule has 0 aliphatic heterocycles. The van der Waals surface area contributed by atoms with Crippen LogP contribution in [0.4, 0.5) is 0 Å². The minimum Gasteiger partial charge on any atom is -0.319 e. The van der Waals surface area contributed by atoms with E-state index in [0.29, 0.717) is 0 Å². The Morgan fingerprint density at radius 1 is 1.10 bits per heavy atom. The van der Waals surface area contributed by atoms with Crippen molar-refractivity contribution in [2.24, 2.45) is 5.10 Å². The predicted octanol–water partition coefficient (Wildman–Crippen LogP) is 4.31. The number of amides is 1. The highest BCUT2D eigenvalue weighted by Crippen LogP contribution is 2.20. The number of benzene rings is 2. The first-order valence-electron chi connectivity index (χ1n) is 10.2. The van der Waals surface area contributed by atoms with Crippen LogP contribution in [0.5, 0.6) is 0 Å². The van der Waals surface area contributed by atoms with Gasteiger partial charge in [-0.25, -0.2) is 10.4 Å². The van der Waals surface area contributed by atoms with Gasteiger partial charge in [0.1, 0.15) is 12.4 Å². The topological polar surface area (TPSA) is 64.2 Å². The van der Waals surface area contributed by atoms with E-state index in [0.717, 1.165) is 52.3 Å². The summed E-state index contributed by atoms with van der Waals surface area (Å²) in [6.45, 7) is 5.13. The Bertz CT molecular complexity index is 1220. The van der Waals surface area contributed by atoms with E-state index in [9.17, 15) is 4.79 Å². The Morgan fingerprint density at radius 3 is 2.67 bits per heavy atom. The lowest BCUT2D eigenvalue weighted by Gasteiger charge is -2.09. The molecular formula is C23H25N5OS. The van der Waals surface area contributed by atoms with E-state index in [4.69, 9.17) is 0 Å². The molecule has 0 saturated carbocycles. The zero-order chi connectivity index (χ0) is 20.9. The van der Waals surface area contributed by atoms with Gasteiger partial charge in [-0.05, 0) is 31.0 Å². The number of para-hydroxylation sites is 2. The molecule has 0 atom stereocenters. The van der Waals surface area contributed by atoms with Gasteiger partial charge >= 0.3 is 0 Å². The highest BCUT2D eigenvalue weighted by Gasteiger charge is 2.11. The number of thiazole rings is 1. The number of aryl methyl sites for hydroxylation is 1. The smallest absolute Gasteiger partial charge is 0.260 e. The maximum Gasteiger partial charge on any atom is 0.260 e. The molecule has 4 aromatic rings. The first kappa shape index (κ1) is 20.1. The minimum absolute atomic E-state index is 0.169. The molecule has 1 amide bonds. The van der Waals surface area contributed by atoms with E-state index >= 15 is 0 Å². The molecule has 30 heavy (non-hydrogen) atoms. The van der Waals surface area contributed by atoms with Crippen LogP contribution in [-0.2, 0) is 17.9 Å². The summed E-state index contributed by atoms with van der Waals surface area (Å²) in [4.78, 5) is 17.9. The van der Waals surface area contributed by atoms with E-state index in [1.807, 2.05) is 54.0 Å². The van der Waals surface area contributed by atoms with E-state index in [1.165, 1.54) is 11.3 Å². The molecule has 0 unspecified atom stereocenters. The highest BCUT2D eigenvalue weighted by atomic mass is 32.1. The minimum atomic E-state index is -0.169. The number of unbranched alkanes of at least 4 members (excludes halogenated alkanes) is 1. The summed E-state index contributed by atoms with van der Waals surface area (Å²) < 4.78 is 4.09. The maximum absolute atomic E-state index is 12.6. The molecule has 6 nitrogen and oxygen atoms in total. The Morgan fingerprint density at radius 2 is 1.87 bits per heavy atom. The van der Waals surface area contributed by atoms with Gasteiger partial charge in [-0.3, -0.25) is 4.79 Å².